The highest BCUT2D eigenvalue weighted by molar-refractivity contribution is 7.07. The zero-order chi connectivity index (χ0) is 14.1. The van der Waals surface area contributed by atoms with Crippen LogP contribution in [0.25, 0.3) is 11.1 Å². The maximum Gasteiger partial charge on any atom is 0.0794 e. The Hall–Kier alpha value is -1.97. The summed E-state index contributed by atoms with van der Waals surface area (Å²) in [6, 6.07) is 17.7. The molecular formula is C18H16N2S. The Morgan fingerprint density at radius 1 is 0.952 bits per heavy atom. The van der Waals surface area contributed by atoms with Gasteiger partial charge in [-0.1, -0.05) is 48.5 Å². The predicted octanol–water partition coefficient (Wildman–Crippen LogP) is 4.05. The first kappa shape index (κ1) is 12.7. The van der Waals surface area contributed by atoms with Gasteiger partial charge in [-0.3, -0.25) is 0 Å². The molecule has 0 atom stereocenters. The van der Waals surface area contributed by atoms with Crippen molar-refractivity contribution in [2.75, 3.05) is 6.54 Å². The third-order valence-electron chi connectivity index (χ3n) is 4.05. The number of aromatic nitrogens is 1. The molecular weight excluding hydrogens is 276 g/mol. The molecule has 0 saturated heterocycles. The van der Waals surface area contributed by atoms with Crippen LogP contribution in [0.3, 0.4) is 0 Å². The van der Waals surface area contributed by atoms with Crippen molar-refractivity contribution >= 4 is 11.3 Å². The van der Waals surface area contributed by atoms with Gasteiger partial charge in [-0.25, -0.2) is 4.98 Å². The van der Waals surface area contributed by atoms with E-state index in [0.29, 0.717) is 6.04 Å². The fourth-order valence-electron chi connectivity index (χ4n) is 3.08. The van der Waals surface area contributed by atoms with Gasteiger partial charge in [-0.2, -0.15) is 0 Å². The molecule has 0 bridgehead atoms. The Bertz CT molecular complexity index is 704. The van der Waals surface area contributed by atoms with Gasteiger partial charge >= 0.3 is 0 Å². The van der Waals surface area contributed by atoms with Crippen LogP contribution >= 0.6 is 11.3 Å². The highest BCUT2D eigenvalue weighted by Crippen LogP contribution is 2.42. The SMILES string of the molecule is c1ccc2c(c1)-c1ccccc1C2NCCc1cscn1. The fourth-order valence-corrected chi connectivity index (χ4v) is 3.67. The molecule has 0 spiro atoms. The van der Waals surface area contributed by atoms with E-state index in [0.717, 1.165) is 13.0 Å². The molecule has 1 aromatic heterocycles. The van der Waals surface area contributed by atoms with E-state index in [9.17, 15) is 0 Å². The largest absolute Gasteiger partial charge is 0.306 e. The Balaban J connectivity index is 1.59. The zero-order valence-corrected chi connectivity index (χ0v) is 12.4. The minimum atomic E-state index is 0.302. The lowest BCUT2D eigenvalue weighted by Crippen LogP contribution is -2.23. The van der Waals surface area contributed by atoms with Crippen LogP contribution in [0.5, 0.6) is 0 Å². The average molecular weight is 292 g/mol. The van der Waals surface area contributed by atoms with Crippen LogP contribution < -0.4 is 5.32 Å². The molecule has 2 aromatic carbocycles. The van der Waals surface area contributed by atoms with E-state index in [1.165, 1.54) is 27.9 Å². The molecule has 21 heavy (non-hydrogen) atoms. The quantitative estimate of drug-likeness (QED) is 0.785. The van der Waals surface area contributed by atoms with Crippen molar-refractivity contribution in [3.63, 3.8) is 0 Å². The molecule has 1 aliphatic carbocycles. The van der Waals surface area contributed by atoms with Crippen LogP contribution in [0.1, 0.15) is 22.9 Å². The topological polar surface area (TPSA) is 24.9 Å². The second kappa shape index (κ2) is 5.43. The maximum absolute atomic E-state index is 4.35. The second-order valence-corrected chi connectivity index (χ2v) is 6.01. The molecule has 0 fully saturated rings. The van der Waals surface area contributed by atoms with Gasteiger partial charge in [0.1, 0.15) is 0 Å². The highest BCUT2D eigenvalue weighted by Gasteiger charge is 2.27. The van der Waals surface area contributed by atoms with E-state index in [-0.39, 0.29) is 0 Å². The summed E-state index contributed by atoms with van der Waals surface area (Å²) in [7, 11) is 0. The minimum absolute atomic E-state index is 0.302. The number of nitrogens with zero attached hydrogens (tertiary/aromatic N) is 1. The van der Waals surface area contributed by atoms with Crippen LogP contribution in [-0.2, 0) is 6.42 Å². The van der Waals surface area contributed by atoms with E-state index in [4.69, 9.17) is 0 Å². The molecule has 3 heteroatoms. The Kier molecular flexibility index (Phi) is 3.30. The average Bonchev–Trinajstić information content (AvgIpc) is 3.15. The summed E-state index contributed by atoms with van der Waals surface area (Å²) < 4.78 is 0. The maximum atomic E-state index is 4.35. The number of fused-ring (bicyclic) bond motifs is 3. The van der Waals surface area contributed by atoms with E-state index >= 15 is 0 Å². The standard InChI is InChI=1S/C18H16N2S/c1-3-7-16-14(5-1)15-6-2-4-8-17(15)18(16)19-10-9-13-11-21-12-20-13/h1-8,11-12,18-19H,9-10H2. The third-order valence-corrected chi connectivity index (χ3v) is 4.68. The monoisotopic (exact) mass is 292 g/mol. The summed E-state index contributed by atoms with van der Waals surface area (Å²) >= 11 is 1.66. The van der Waals surface area contributed by atoms with Gasteiger partial charge in [0.15, 0.2) is 0 Å². The molecule has 1 aliphatic rings. The van der Waals surface area contributed by atoms with E-state index in [2.05, 4.69) is 64.2 Å². The molecule has 4 rings (SSSR count). The van der Waals surface area contributed by atoms with Crippen LogP contribution in [0, 0.1) is 0 Å². The van der Waals surface area contributed by atoms with Crippen LogP contribution in [0.4, 0.5) is 0 Å². The molecule has 1 heterocycles. The van der Waals surface area contributed by atoms with Gasteiger partial charge in [0, 0.05) is 18.3 Å². The van der Waals surface area contributed by atoms with Crippen molar-refractivity contribution in [2.45, 2.75) is 12.5 Å². The molecule has 0 unspecified atom stereocenters. The number of nitrogens with one attached hydrogen (secondary N) is 1. The van der Waals surface area contributed by atoms with Gasteiger partial charge in [0.25, 0.3) is 0 Å². The number of hydrogen-bond donors (Lipinski definition) is 1. The van der Waals surface area contributed by atoms with Crippen molar-refractivity contribution in [1.29, 1.82) is 0 Å². The minimum Gasteiger partial charge on any atom is -0.306 e. The number of hydrogen-bond acceptors (Lipinski definition) is 3. The predicted molar refractivity (Wildman–Crippen MR) is 87.5 cm³/mol. The third kappa shape index (κ3) is 2.28. The van der Waals surface area contributed by atoms with Gasteiger partial charge in [-0.05, 0) is 22.3 Å². The van der Waals surface area contributed by atoms with E-state index in [1.807, 2.05) is 5.51 Å². The Labute approximate surface area is 128 Å². The molecule has 104 valence electrons. The first-order chi connectivity index (χ1) is 10.4. The van der Waals surface area contributed by atoms with Crippen LogP contribution in [0.2, 0.25) is 0 Å². The number of benzene rings is 2. The fraction of sp³-hybridized carbons (Fsp3) is 0.167. The van der Waals surface area contributed by atoms with Gasteiger partial charge in [0.05, 0.1) is 17.2 Å². The first-order valence-corrected chi connectivity index (χ1v) is 8.16. The van der Waals surface area contributed by atoms with Crippen molar-refractivity contribution in [3.8, 4) is 11.1 Å². The van der Waals surface area contributed by atoms with Crippen molar-refractivity contribution in [2.24, 2.45) is 0 Å². The molecule has 0 saturated carbocycles. The lowest BCUT2D eigenvalue weighted by Gasteiger charge is -2.15. The summed E-state index contributed by atoms with van der Waals surface area (Å²) in [4.78, 5) is 4.35. The summed E-state index contributed by atoms with van der Waals surface area (Å²) in [5.74, 6) is 0. The lowest BCUT2D eigenvalue weighted by atomic mass is 10.1. The van der Waals surface area contributed by atoms with Crippen molar-refractivity contribution in [3.05, 3.63) is 76.2 Å². The summed E-state index contributed by atoms with van der Waals surface area (Å²) in [6.45, 7) is 0.942. The molecule has 1 N–H and O–H groups in total. The van der Waals surface area contributed by atoms with E-state index < -0.39 is 0 Å². The summed E-state index contributed by atoms with van der Waals surface area (Å²) in [5, 5.41) is 5.82. The first-order valence-electron chi connectivity index (χ1n) is 7.22. The van der Waals surface area contributed by atoms with Crippen LogP contribution in [-0.4, -0.2) is 11.5 Å². The molecule has 0 amide bonds. The molecule has 3 aromatic rings. The van der Waals surface area contributed by atoms with Crippen molar-refractivity contribution in [1.82, 2.24) is 10.3 Å². The van der Waals surface area contributed by atoms with Gasteiger partial charge in [-0.15, -0.1) is 11.3 Å². The van der Waals surface area contributed by atoms with Crippen LogP contribution in [0.15, 0.2) is 59.4 Å². The molecule has 2 nitrogen and oxygen atoms in total. The molecule has 0 aliphatic heterocycles. The smallest absolute Gasteiger partial charge is 0.0794 e. The van der Waals surface area contributed by atoms with Crippen molar-refractivity contribution < 1.29 is 0 Å². The van der Waals surface area contributed by atoms with E-state index in [1.54, 1.807) is 11.3 Å². The van der Waals surface area contributed by atoms with Gasteiger partial charge in [0.2, 0.25) is 0 Å². The number of rotatable bonds is 4. The summed E-state index contributed by atoms with van der Waals surface area (Å²) in [6.07, 6.45) is 0.977. The Morgan fingerprint density at radius 2 is 1.62 bits per heavy atom. The highest BCUT2D eigenvalue weighted by atomic mass is 32.1. The second-order valence-electron chi connectivity index (χ2n) is 5.29. The van der Waals surface area contributed by atoms with Gasteiger partial charge < -0.3 is 5.32 Å². The molecule has 0 radical (unpaired) electrons. The zero-order valence-electron chi connectivity index (χ0n) is 11.6. The Morgan fingerprint density at radius 3 is 2.24 bits per heavy atom. The summed E-state index contributed by atoms with van der Waals surface area (Å²) in [5.41, 5.74) is 8.56. The lowest BCUT2D eigenvalue weighted by molar-refractivity contribution is 0.612. The normalized spacial score (nSPS) is 13.1. The number of thiazole rings is 1.